The van der Waals surface area contributed by atoms with Crippen molar-refractivity contribution < 1.29 is 39.5 Å². The maximum absolute atomic E-state index is 12.4. The highest BCUT2D eigenvalue weighted by Crippen LogP contribution is 2.42. The average Bonchev–Trinajstić information content (AvgIpc) is 2.54. The van der Waals surface area contributed by atoms with Crippen LogP contribution in [0.5, 0.6) is 17.2 Å². The molecular formula is C17H19ClO8. The van der Waals surface area contributed by atoms with Crippen LogP contribution in [-0.4, -0.2) is 57.1 Å². The summed E-state index contributed by atoms with van der Waals surface area (Å²) >= 11 is 5.93. The molecule has 1 aliphatic heterocycles. The first-order chi connectivity index (χ1) is 12.1. The van der Waals surface area contributed by atoms with Gasteiger partial charge < -0.3 is 29.9 Å². The minimum Gasteiger partial charge on any atom is -0.507 e. The van der Waals surface area contributed by atoms with Crippen molar-refractivity contribution in [3.8, 4) is 17.2 Å². The van der Waals surface area contributed by atoms with Gasteiger partial charge in [0.2, 0.25) is 0 Å². The Morgan fingerprint density at radius 2 is 1.85 bits per heavy atom. The molecule has 142 valence electrons. The number of fused-ring (bicyclic) bond motifs is 1. The molecule has 26 heavy (non-hydrogen) atoms. The monoisotopic (exact) mass is 386 g/mol. The van der Waals surface area contributed by atoms with E-state index in [2.05, 4.69) is 0 Å². The Morgan fingerprint density at radius 3 is 2.50 bits per heavy atom. The SMILES string of the molecule is C/C1=C/C(=O)[C@@H](O)[C@@H](O)COc2c(Cl)c(O)cc(O)c2C(=O)O[C@@H](C)C1. The van der Waals surface area contributed by atoms with E-state index in [9.17, 15) is 30.0 Å². The lowest BCUT2D eigenvalue weighted by Gasteiger charge is -2.19. The van der Waals surface area contributed by atoms with Crippen molar-refractivity contribution in [3.05, 3.63) is 28.3 Å². The molecule has 1 heterocycles. The first-order valence-electron chi connectivity index (χ1n) is 7.77. The molecule has 0 amide bonds. The van der Waals surface area contributed by atoms with Crippen LogP contribution in [0.15, 0.2) is 17.7 Å². The average molecular weight is 387 g/mol. The van der Waals surface area contributed by atoms with Crippen molar-refractivity contribution in [2.75, 3.05) is 6.61 Å². The highest BCUT2D eigenvalue weighted by molar-refractivity contribution is 6.34. The Kier molecular flexibility index (Phi) is 6.12. The largest absolute Gasteiger partial charge is 0.507 e. The quantitative estimate of drug-likeness (QED) is 0.490. The van der Waals surface area contributed by atoms with Gasteiger partial charge in [-0.25, -0.2) is 4.79 Å². The van der Waals surface area contributed by atoms with Gasteiger partial charge in [0.15, 0.2) is 11.5 Å². The molecule has 0 aromatic heterocycles. The van der Waals surface area contributed by atoms with Crippen molar-refractivity contribution in [1.82, 2.24) is 0 Å². The lowest BCUT2D eigenvalue weighted by atomic mass is 10.0. The lowest BCUT2D eigenvalue weighted by molar-refractivity contribution is -0.129. The normalized spacial score (nSPS) is 27.0. The van der Waals surface area contributed by atoms with E-state index in [1.165, 1.54) is 0 Å². The molecule has 0 bridgehead atoms. The number of benzene rings is 1. The van der Waals surface area contributed by atoms with E-state index >= 15 is 0 Å². The number of aromatic hydroxyl groups is 2. The molecular weight excluding hydrogens is 368 g/mol. The molecule has 3 atom stereocenters. The Hall–Kier alpha value is -2.29. The summed E-state index contributed by atoms with van der Waals surface area (Å²) in [7, 11) is 0. The molecule has 9 heteroatoms. The Labute approximate surface area is 154 Å². The van der Waals surface area contributed by atoms with Gasteiger partial charge >= 0.3 is 5.97 Å². The molecule has 1 aromatic rings. The number of carbonyl (C=O) groups is 2. The summed E-state index contributed by atoms with van der Waals surface area (Å²) in [5.74, 6) is -3.31. The molecule has 2 rings (SSSR count). The van der Waals surface area contributed by atoms with Crippen molar-refractivity contribution in [2.24, 2.45) is 0 Å². The molecule has 0 unspecified atom stereocenters. The standard InChI is InChI=1S/C17H19ClO8/c1-7-3-8(2)26-17(24)13-9(19)5-10(20)14(18)16(13)25-6-12(22)15(23)11(21)4-7/h4-5,8,12,15,19-20,22-23H,3,6H2,1-2H3/b7-4-/t8-,12-,15+/m0/s1. The van der Waals surface area contributed by atoms with Gasteiger partial charge in [-0.15, -0.1) is 0 Å². The van der Waals surface area contributed by atoms with E-state index < -0.39 is 59.5 Å². The van der Waals surface area contributed by atoms with Gasteiger partial charge in [-0.1, -0.05) is 17.2 Å². The molecule has 0 saturated heterocycles. The number of esters is 1. The van der Waals surface area contributed by atoms with Crippen LogP contribution in [0.1, 0.15) is 30.6 Å². The Bertz CT molecular complexity index is 758. The maximum Gasteiger partial charge on any atom is 0.346 e. The van der Waals surface area contributed by atoms with Crippen molar-refractivity contribution in [2.45, 2.75) is 38.6 Å². The number of phenolic OH excluding ortho intramolecular Hbond substituents is 2. The minimum absolute atomic E-state index is 0.184. The fourth-order valence-corrected chi connectivity index (χ4v) is 2.72. The maximum atomic E-state index is 12.4. The number of carbonyl (C=O) groups excluding carboxylic acids is 2. The van der Waals surface area contributed by atoms with Crippen molar-refractivity contribution in [3.63, 3.8) is 0 Å². The first kappa shape index (κ1) is 20.0. The number of ketones is 1. The van der Waals surface area contributed by atoms with E-state index in [4.69, 9.17) is 21.1 Å². The highest BCUT2D eigenvalue weighted by atomic mass is 35.5. The van der Waals surface area contributed by atoms with Crippen molar-refractivity contribution in [1.29, 1.82) is 0 Å². The van der Waals surface area contributed by atoms with Crippen LogP contribution in [-0.2, 0) is 9.53 Å². The molecule has 1 aromatic carbocycles. The molecule has 8 nitrogen and oxygen atoms in total. The molecule has 0 aliphatic carbocycles. The second kappa shape index (κ2) is 7.94. The van der Waals surface area contributed by atoms with Crippen molar-refractivity contribution >= 4 is 23.4 Å². The molecule has 0 fully saturated rings. The van der Waals surface area contributed by atoms with Crippen LogP contribution in [0.3, 0.4) is 0 Å². The summed E-state index contributed by atoms with van der Waals surface area (Å²) in [6, 6.07) is 0.856. The van der Waals surface area contributed by atoms with E-state index in [-0.39, 0.29) is 11.4 Å². The number of hydrogen-bond donors (Lipinski definition) is 4. The fourth-order valence-electron chi connectivity index (χ4n) is 2.51. The zero-order valence-electron chi connectivity index (χ0n) is 14.1. The second-order valence-electron chi connectivity index (χ2n) is 6.07. The van der Waals surface area contributed by atoms with E-state index in [1.807, 2.05) is 0 Å². The van der Waals surface area contributed by atoms with Gasteiger partial charge in [-0.05, 0) is 19.9 Å². The van der Waals surface area contributed by atoms with Crippen LogP contribution >= 0.6 is 11.6 Å². The number of aliphatic hydroxyl groups excluding tert-OH is 2. The summed E-state index contributed by atoms with van der Waals surface area (Å²) < 4.78 is 10.5. The minimum atomic E-state index is -1.76. The van der Waals surface area contributed by atoms with E-state index in [0.29, 0.717) is 5.57 Å². The summed E-state index contributed by atoms with van der Waals surface area (Å²) in [6.45, 7) is 2.56. The van der Waals surface area contributed by atoms with Gasteiger partial charge in [0.1, 0.15) is 47.0 Å². The number of rotatable bonds is 0. The predicted molar refractivity (Wildman–Crippen MR) is 90.5 cm³/mol. The summed E-state index contributed by atoms with van der Waals surface area (Å²) in [5.41, 5.74) is 0.0865. The Morgan fingerprint density at radius 1 is 1.19 bits per heavy atom. The third-order valence-corrected chi connectivity index (χ3v) is 4.11. The zero-order chi connectivity index (χ0) is 19.6. The van der Waals surface area contributed by atoms with E-state index in [1.54, 1.807) is 13.8 Å². The summed E-state index contributed by atoms with van der Waals surface area (Å²) in [5, 5.41) is 39.2. The molecule has 0 saturated carbocycles. The number of phenols is 2. The van der Waals surface area contributed by atoms with Crippen LogP contribution < -0.4 is 4.74 Å². The van der Waals surface area contributed by atoms with Crippen LogP contribution in [0, 0.1) is 0 Å². The number of aliphatic hydroxyl groups is 2. The van der Waals surface area contributed by atoms with Gasteiger partial charge in [0, 0.05) is 12.5 Å². The fraction of sp³-hybridized carbons (Fsp3) is 0.412. The molecule has 1 aliphatic rings. The van der Waals surface area contributed by atoms with Crippen LogP contribution in [0.4, 0.5) is 0 Å². The topological polar surface area (TPSA) is 134 Å². The number of halogens is 1. The third kappa shape index (κ3) is 4.27. The van der Waals surface area contributed by atoms with E-state index in [0.717, 1.165) is 12.1 Å². The molecule has 4 N–H and O–H groups in total. The lowest BCUT2D eigenvalue weighted by Crippen LogP contribution is -2.37. The van der Waals surface area contributed by atoms with Crippen LogP contribution in [0.25, 0.3) is 0 Å². The molecule has 0 spiro atoms. The summed E-state index contributed by atoms with van der Waals surface area (Å²) in [4.78, 5) is 24.4. The summed E-state index contributed by atoms with van der Waals surface area (Å²) in [6.07, 6.45) is -2.73. The van der Waals surface area contributed by atoms with Crippen LogP contribution in [0.2, 0.25) is 5.02 Å². The zero-order valence-corrected chi connectivity index (χ0v) is 14.9. The van der Waals surface area contributed by atoms with Gasteiger partial charge in [0.25, 0.3) is 0 Å². The Balaban J connectivity index is 2.52. The van der Waals surface area contributed by atoms with Gasteiger partial charge in [-0.3, -0.25) is 4.79 Å². The number of ether oxygens (including phenoxy) is 2. The molecule has 0 radical (unpaired) electrons. The second-order valence-corrected chi connectivity index (χ2v) is 6.45. The highest BCUT2D eigenvalue weighted by Gasteiger charge is 2.30. The third-order valence-electron chi connectivity index (χ3n) is 3.75. The van der Waals surface area contributed by atoms with Gasteiger partial charge in [-0.2, -0.15) is 0 Å². The number of cyclic esters (lactones) is 1. The first-order valence-corrected chi connectivity index (χ1v) is 8.15. The number of hydrogen-bond acceptors (Lipinski definition) is 8. The predicted octanol–water partition coefficient (Wildman–Crippen LogP) is 1.32. The van der Waals surface area contributed by atoms with Gasteiger partial charge in [0.05, 0.1) is 0 Å². The smallest absolute Gasteiger partial charge is 0.346 e.